The highest BCUT2D eigenvalue weighted by atomic mass is 127. The molecule has 2 atom stereocenters. The second kappa shape index (κ2) is 15.1. The predicted molar refractivity (Wildman–Crippen MR) is 186 cm³/mol. The average Bonchev–Trinajstić information content (AvgIpc) is 2.94. The van der Waals surface area contributed by atoms with Gasteiger partial charge < -0.3 is 20.1 Å². The fraction of sp³-hybridized carbons (Fsp3) is 0.444. The molecule has 2 amide bonds. The highest BCUT2D eigenvalue weighted by Gasteiger charge is 2.24. The fourth-order valence-electron chi connectivity index (χ4n) is 5.00. The SMILES string of the molecule is CC(Oc1cccc(O[C@H](C)C(=O)Nc2c(C(C)C)cccc2C(C)C)c1I)C(=O)Nc1c(C(C)C)cccc1C(C)C. The van der Waals surface area contributed by atoms with Gasteiger partial charge in [0.15, 0.2) is 12.2 Å². The van der Waals surface area contributed by atoms with Gasteiger partial charge in [-0.2, -0.15) is 0 Å². The van der Waals surface area contributed by atoms with Crippen molar-refractivity contribution >= 4 is 45.8 Å². The van der Waals surface area contributed by atoms with Crippen molar-refractivity contribution < 1.29 is 19.1 Å². The molecule has 3 aromatic rings. The number of benzene rings is 3. The summed E-state index contributed by atoms with van der Waals surface area (Å²) in [7, 11) is 0. The molecule has 0 spiro atoms. The minimum absolute atomic E-state index is 0.227. The van der Waals surface area contributed by atoms with E-state index in [-0.39, 0.29) is 35.5 Å². The van der Waals surface area contributed by atoms with Crippen molar-refractivity contribution in [3.63, 3.8) is 0 Å². The molecule has 1 unspecified atom stereocenters. The lowest BCUT2D eigenvalue weighted by molar-refractivity contribution is -0.122. The number of carbonyl (C=O) groups is 2. The molecule has 232 valence electrons. The van der Waals surface area contributed by atoms with Crippen LogP contribution in [-0.2, 0) is 9.59 Å². The van der Waals surface area contributed by atoms with E-state index in [1.807, 2.05) is 12.1 Å². The summed E-state index contributed by atoms with van der Waals surface area (Å²) in [6, 6.07) is 17.7. The van der Waals surface area contributed by atoms with Gasteiger partial charge in [0.25, 0.3) is 11.8 Å². The molecule has 43 heavy (non-hydrogen) atoms. The third kappa shape index (κ3) is 8.52. The number of para-hydroxylation sites is 2. The first kappa shape index (κ1) is 34.4. The van der Waals surface area contributed by atoms with Gasteiger partial charge in [-0.3, -0.25) is 9.59 Å². The summed E-state index contributed by atoms with van der Waals surface area (Å²) in [5, 5.41) is 6.28. The zero-order chi connectivity index (χ0) is 32.0. The van der Waals surface area contributed by atoms with E-state index < -0.39 is 12.2 Å². The number of hydrogen-bond donors (Lipinski definition) is 2. The molecule has 3 aromatic carbocycles. The number of nitrogens with one attached hydrogen (secondary N) is 2. The first-order valence-corrected chi connectivity index (χ1v) is 16.3. The maximum Gasteiger partial charge on any atom is 0.265 e. The van der Waals surface area contributed by atoms with Crippen LogP contribution in [0.4, 0.5) is 11.4 Å². The normalized spacial score (nSPS) is 12.9. The molecule has 0 heterocycles. The van der Waals surface area contributed by atoms with E-state index in [2.05, 4.69) is 113 Å². The van der Waals surface area contributed by atoms with Crippen LogP contribution in [-0.4, -0.2) is 24.0 Å². The molecule has 0 aliphatic carbocycles. The van der Waals surface area contributed by atoms with Crippen molar-refractivity contribution in [2.45, 2.75) is 105 Å². The van der Waals surface area contributed by atoms with Gasteiger partial charge in [0, 0.05) is 11.4 Å². The fourth-order valence-corrected chi connectivity index (χ4v) is 5.61. The molecular formula is C36H47IN2O4. The van der Waals surface area contributed by atoms with Crippen molar-refractivity contribution in [2.24, 2.45) is 0 Å². The van der Waals surface area contributed by atoms with Crippen LogP contribution in [0, 0.1) is 3.57 Å². The number of anilines is 2. The van der Waals surface area contributed by atoms with Gasteiger partial charge in [0.1, 0.15) is 11.5 Å². The smallest absolute Gasteiger partial charge is 0.265 e. The number of hydrogen-bond acceptors (Lipinski definition) is 4. The summed E-state index contributed by atoms with van der Waals surface area (Å²) in [6.45, 7) is 20.4. The average molecular weight is 699 g/mol. The minimum Gasteiger partial charge on any atom is -0.480 e. The maximum atomic E-state index is 13.3. The van der Waals surface area contributed by atoms with E-state index >= 15 is 0 Å². The van der Waals surface area contributed by atoms with Crippen LogP contribution >= 0.6 is 22.6 Å². The van der Waals surface area contributed by atoms with E-state index in [0.717, 1.165) is 33.6 Å². The van der Waals surface area contributed by atoms with E-state index in [9.17, 15) is 9.59 Å². The molecule has 0 aromatic heterocycles. The van der Waals surface area contributed by atoms with Crippen LogP contribution in [0.2, 0.25) is 0 Å². The van der Waals surface area contributed by atoms with Crippen molar-refractivity contribution in [3.8, 4) is 11.5 Å². The minimum atomic E-state index is -0.758. The highest BCUT2D eigenvalue weighted by Crippen LogP contribution is 2.35. The second-order valence-electron chi connectivity index (χ2n) is 12.3. The molecule has 0 aliphatic rings. The largest absolute Gasteiger partial charge is 0.480 e. The van der Waals surface area contributed by atoms with Crippen molar-refractivity contribution in [3.05, 3.63) is 80.4 Å². The Kier molecular flexibility index (Phi) is 12.1. The van der Waals surface area contributed by atoms with E-state index in [4.69, 9.17) is 9.47 Å². The molecule has 0 bridgehead atoms. The zero-order valence-corrected chi connectivity index (χ0v) is 29.3. The van der Waals surface area contributed by atoms with E-state index in [1.165, 1.54) is 0 Å². The van der Waals surface area contributed by atoms with Crippen molar-refractivity contribution in [1.29, 1.82) is 0 Å². The topological polar surface area (TPSA) is 76.7 Å². The standard InChI is InChI=1S/C36H47IN2O4/c1-20(2)26-14-11-15-27(21(3)4)33(26)38-35(40)24(9)42-30-18-13-19-31(32(30)37)43-25(10)36(41)39-34-28(22(5)6)16-12-17-29(34)23(7)8/h11-25H,1-10H3,(H,38,40)(H,39,41)/t24-,25?/m1/s1. The number of ether oxygens (including phenoxy) is 2. The monoisotopic (exact) mass is 698 g/mol. The lowest BCUT2D eigenvalue weighted by Gasteiger charge is -2.23. The van der Waals surface area contributed by atoms with Crippen LogP contribution in [0.1, 0.15) is 115 Å². The third-order valence-corrected chi connectivity index (χ3v) is 8.58. The van der Waals surface area contributed by atoms with Crippen molar-refractivity contribution in [1.82, 2.24) is 0 Å². The van der Waals surface area contributed by atoms with Crippen LogP contribution in [0.25, 0.3) is 0 Å². The van der Waals surface area contributed by atoms with Gasteiger partial charge in [-0.05, 0) is 94.5 Å². The van der Waals surface area contributed by atoms with Gasteiger partial charge in [-0.1, -0.05) is 97.9 Å². The van der Waals surface area contributed by atoms with E-state index in [0.29, 0.717) is 15.1 Å². The molecule has 0 aliphatic heterocycles. The molecule has 0 saturated carbocycles. The Labute approximate surface area is 271 Å². The molecule has 0 radical (unpaired) electrons. The molecule has 0 saturated heterocycles. The lowest BCUT2D eigenvalue weighted by atomic mass is 9.92. The maximum absolute atomic E-state index is 13.3. The number of carbonyl (C=O) groups excluding carboxylic acids is 2. The summed E-state index contributed by atoms with van der Waals surface area (Å²) < 4.78 is 13.0. The Morgan fingerprint density at radius 1 is 0.535 bits per heavy atom. The number of amides is 2. The summed E-state index contributed by atoms with van der Waals surface area (Å²) in [4.78, 5) is 26.7. The second-order valence-corrected chi connectivity index (χ2v) is 13.4. The molecule has 0 fully saturated rings. The molecule has 7 heteroatoms. The Bertz CT molecular complexity index is 1270. The van der Waals surface area contributed by atoms with Gasteiger partial charge in [-0.25, -0.2) is 0 Å². The molecule has 3 rings (SSSR count). The van der Waals surface area contributed by atoms with Gasteiger partial charge in [0.2, 0.25) is 0 Å². The Morgan fingerprint density at radius 3 is 1.09 bits per heavy atom. The van der Waals surface area contributed by atoms with Gasteiger partial charge in [-0.15, -0.1) is 0 Å². The van der Waals surface area contributed by atoms with Crippen molar-refractivity contribution in [2.75, 3.05) is 10.6 Å². The number of rotatable bonds is 12. The van der Waals surface area contributed by atoms with E-state index in [1.54, 1.807) is 32.0 Å². The van der Waals surface area contributed by atoms with Crippen LogP contribution < -0.4 is 20.1 Å². The third-order valence-electron chi connectivity index (χ3n) is 7.52. The molecular weight excluding hydrogens is 651 g/mol. The Hall–Kier alpha value is -3.07. The summed E-state index contributed by atoms with van der Waals surface area (Å²) in [5.41, 5.74) is 6.11. The molecule has 6 nitrogen and oxygen atoms in total. The Morgan fingerprint density at radius 2 is 0.814 bits per heavy atom. The van der Waals surface area contributed by atoms with Gasteiger partial charge in [0.05, 0.1) is 3.57 Å². The Balaban J connectivity index is 1.76. The highest BCUT2D eigenvalue weighted by molar-refractivity contribution is 14.1. The summed E-state index contributed by atoms with van der Waals surface area (Å²) >= 11 is 2.14. The summed E-state index contributed by atoms with van der Waals surface area (Å²) in [6.07, 6.45) is -1.52. The quantitative estimate of drug-likeness (QED) is 0.185. The number of halogens is 1. The predicted octanol–water partition coefficient (Wildman–Crippen LogP) is 9.60. The molecule has 2 N–H and O–H groups in total. The van der Waals surface area contributed by atoms with Gasteiger partial charge >= 0.3 is 0 Å². The first-order valence-electron chi connectivity index (χ1n) is 15.2. The zero-order valence-electron chi connectivity index (χ0n) is 27.2. The summed E-state index contributed by atoms with van der Waals surface area (Å²) in [5.74, 6) is 1.61. The first-order chi connectivity index (χ1) is 20.2. The lowest BCUT2D eigenvalue weighted by Crippen LogP contribution is -2.32. The van der Waals surface area contributed by atoms with Crippen LogP contribution in [0.15, 0.2) is 54.6 Å². The van der Waals surface area contributed by atoms with Crippen LogP contribution in [0.5, 0.6) is 11.5 Å². The van der Waals surface area contributed by atoms with Crippen LogP contribution in [0.3, 0.4) is 0 Å².